The van der Waals surface area contributed by atoms with Gasteiger partial charge in [-0.3, -0.25) is 0 Å². The van der Waals surface area contributed by atoms with E-state index in [0.29, 0.717) is 6.04 Å². The topological polar surface area (TPSA) is 29.0 Å². The van der Waals surface area contributed by atoms with Gasteiger partial charge in [0.25, 0.3) is 0 Å². The summed E-state index contributed by atoms with van der Waals surface area (Å²) in [6.07, 6.45) is 4.84. The predicted octanol–water partition coefficient (Wildman–Crippen LogP) is 3.10. The van der Waals surface area contributed by atoms with Crippen LogP contribution in [0.4, 0.5) is 5.82 Å². The molecule has 1 atom stereocenters. The zero-order valence-corrected chi connectivity index (χ0v) is 12.2. The van der Waals surface area contributed by atoms with Crippen molar-refractivity contribution in [2.75, 3.05) is 16.8 Å². The maximum absolute atomic E-state index is 4.60. The van der Waals surface area contributed by atoms with Crippen LogP contribution in [0.25, 0.3) is 0 Å². The molecule has 4 heteroatoms. The maximum Gasteiger partial charge on any atom is 0.132 e. The number of aromatic nitrogens is 2. The van der Waals surface area contributed by atoms with Crippen molar-refractivity contribution in [1.82, 2.24) is 9.97 Å². The summed E-state index contributed by atoms with van der Waals surface area (Å²) in [4.78, 5) is 11.5. The van der Waals surface area contributed by atoms with Crippen LogP contribution >= 0.6 is 15.9 Å². The summed E-state index contributed by atoms with van der Waals surface area (Å²) in [7, 11) is 0. The molecule has 0 N–H and O–H groups in total. The van der Waals surface area contributed by atoms with Gasteiger partial charge in [-0.2, -0.15) is 0 Å². The molecule has 2 rings (SSSR count). The van der Waals surface area contributed by atoms with Gasteiger partial charge in [0.1, 0.15) is 11.6 Å². The Kier molecular flexibility index (Phi) is 4.37. The average Bonchev–Trinajstić information content (AvgIpc) is 2.37. The number of hydrogen-bond acceptors (Lipinski definition) is 3. The molecule has 1 aromatic rings. The van der Waals surface area contributed by atoms with Crippen LogP contribution in [0, 0.1) is 6.92 Å². The quantitative estimate of drug-likeness (QED) is 0.803. The maximum atomic E-state index is 4.60. The van der Waals surface area contributed by atoms with Gasteiger partial charge in [0, 0.05) is 29.7 Å². The first-order valence-electron chi connectivity index (χ1n) is 6.41. The highest BCUT2D eigenvalue weighted by atomic mass is 79.9. The van der Waals surface area contributed by atoms with Crippen LogP contribution in [0.3, 0.4) is 0 Å². The average molecular weight is 298 g/mol. The molecule has 1 aliphatic heterocycles. The van der Waals surface area contributed by atoms with Crippen molar-refractivity contribution < 1.29 is 0 Å². The number of hydrogen-bond donors (Lipinski definition) is 0. The van der Waals surface area contributed by atoms with E-state index in [-0.39, 0.29) is 0 Å². The Bertz CT molecular complexity index is 381. The third-order valence-corrected chi connectivity index (χ3v) is 4.09. The minimum absolute atomic E-state index is 0.586. The molecule has 0 spiro atoms. The van der Waals surface area contributed by atoms with Crippen molar-refractivity contribution in [1.29, 1.82) is 0 Å². The number of aryl methyl sites for hydroxylation is 2. The summed E-state index contributed by atoms with van der Waals surface area (Å²) in [5, 5.41) is 1.03. The van der Waals surface area contributed by atoms with Gasteiger partial charge in [-0.25, -0.2) is 9.97 Å². The van der Waals surface area contributed by atoms with Gasteiger partial charge in [-0.15, -0.1) is 0 Å². The first-order valence-corrected chi connectivity index (χ1v) is 7.54. The molecular formula is C13H20BrN3. The molecule has 1 aliphatic rings. The standard InChI is InChI=1S/C13H20BrN3/c1-3-11-8-13(16-10(2)15-11)17-7-5-4-6-12(17)9-14/h8,12H,3-7,9H2,1-2H3. The monoisotopic (exact) mass is 297 g/mol. The van der Waals surface area contributed by atoms with E-state index in [1.807, 2.05) is 6.92 Å². The van der Waals surface area contributed by atoms with E-state index in [2.05, 4.69) is 43.8 Å². The van der Waals surface area contributed by atoms with Crippen LogP contribution in [0.1, 0.15) is 37.7 Å². The van der Waals surface area contributed by atoms with Crippen molar-refractivity contribution in [3.8, 4) is 0 Å². The van der Waals surface area contributed by atoms with E-state index in [1.54, 1.807) is 0 Å². The highest BCUT2D eigenvalue weighted by Crippen LogP contribution is 2.24. The molecule has 1 saturated heterocycles. The molecular weight excluding hydrogens is 278 g/mol. The molecule has 1 fully saturated rings. The number of nitrogens with zero attached hydrogens (tertiary/aromatic N) is 3. The lowest BCUT2D eigenvalue weighted by molar-refractivity contribution is 0.487. The van der Waals surface area contributed by atoms with Crippen molar-refractivity contribution in [3.63, 3.8) is 0 Å². The van der Waals surface area contributed by atoms with Gasteiger partial charge in [0.15, 0.2) is 0 Å². The van der Waals surface area contributed by atoms with Gasteiger partial charge < -0.3 is 4.90 Å². The largest absolute Gasteiger partial charge is 0.353 e. The van der Waals surface area contributed by atoms with Gasteiger partial charge in [-0.1, -0.05) is 22.9 Å². The lowest BCUT2D eigenvalue weighted by atomic mass is 10.0. The molecule has 1 aromatic heterocycles. The lowest BCUT2D eigenvalue weighted by Gasteiger charge is -2.35. The van der Waals surface area contributed by atoms with Gasteiger partial charge in [-0.05, 0) is 32.6 Å². The number of alkyl halides is 1. The molecule has 0 aliphatic carbocycles. The Labute approximate surface area is 112 Å². The summed E-state index contributed by atoms with van der Waals surface area (Å²) in [6.45, 7) is 5.25. The van der Waals surface area contributed by atoms with Crippen LogP contribution in [0.5, 0.6) is 0 Å². The number of rotatable bonds is 3. The predicted molar refractivity (Wildman–Crippen MR) is 74.9 cm³/mol. The van der Waals surface area contributed by atoms with Gasteiger partial charge in [0.05, 0.1) is 0 Å². The number of halogens is 1. The van der Waals surface area contributed by atoms with E-state index in [4.69, 9.17) is 0 Å². The second-order valence-electron chi connectivity index (χ2n) is 4.62. The summed E-state index contributed by atoms with van der Waals surface area (Å²) < 4.78 is 0. The molecule has 2 heterocycles. The van der Waals surface area contributed by atoms with Crippen LogP contribution in [-0.4, -0.2) is 27.9 Å². The van der Waals surface area contributed by atoms with Gasteiger partial charge in [0.2, 0.25) is 0 Å². The Hall–Kier alpha value is -0.640. The second-order valence-corrected chi connectivity index (χ2v) is 5.26. The Morgan fingerprint density at radius 3 is 2.94 bits per heavy atom. The first kappa shape index (κ1) is 12.8. The smallest absolute Gasteiger partial charge is 0.132 e. The SMILES string of the molecule is CCc1cc(N2CCCCC2CBr)nc(C)n1. The lowest BCUT2D eigenvalue weighted by Crippen LogP contribution is -2.41. The molecule has 0 saturated carbocycles. The summed E-state index contributed by atoms with van der Waals surface area (Å²) >= 11 is 3.62. The minimum atomic E-state index is 0.586. The number of anilines is 1. The van der Waals surface area contributed by atoms with E-state index < -0.39 is 0 Å². The Morgan fingerprint density at radius 2 is 2.24 bits per heavy atom. The highest BCUT2D eigenvalue weighted by Gasteiger charge is 2.23. The molecule has 0 radical (unpaired) electrons. The number of piperidine rings is 1. The molecule has 0 amide bonds. The van der Waals surface area contributed by atoms with E-state index in [9.17, 15) is 0 Å². The van der Waals surface area contributed by atoms with Crippen LogP contribution in [0.2, 0.25) is 0 Å². The minimum Gasteiger partial charge on any atom is -0.353 e. The molecule has 17 heavy (non-hydrogen) atoms. The van der Waals surface area contributed by atoms with Crippen LogP contribution < -0.4 is 4.90 Å². The second kappa shape index (κ2) is 5.80. The first-order chi connectivity index (χ1) is 8.24. The summed E-state index contributed by atoms with van der Waals surface area (Å²) in [5.74, 6) is 2.00. The van der Waals surface area contributed by atoms with Crippen LogP contribution in [0.15, 0.2) is 6.07 Å². The normalized spacial score (nSPS) is 20.6. The van der Waals surface area contributed by atoms with Crippen LogP contribution in [-0.2, 0) is 6.42 Å². The molecule has 0 bridgehead atoms. The molecule has 1 unspecified atom stereocenters. The Morgan fingerprint density at radius 1 is 1.41 bits per heavy atom. The zero-order chi connectivity index (χ0) is 12.3. The zero-order valence-electron chi connectivity index (χ0n) is 10.6. The Balaban J connectivity index is 2.27. The molecule has 94 valence electrons. The third-order valence-electron chi connectivity index (χ3n) is 3.34. The fraction of sp³-hybridized carbons (Fsp3) is 0.692. The fourth-order valence-corrected chi connectivity index (χ4v) is 3.08. The van der Waals surface area contributed by atoms with E-state index >= 15 is 0 Å². The highest BCUT2D eigenvalue weighted by molar-refractivity contribution is 9.09. The summed E-state index contributed by atoms with van der Waals surface area (Å²) in [6, 6.07) is 2.73. The molecule has 0 aromatic carbocycles. The van der Waals surface area contributed by atoms with Crippen molar-refractivity contribution >= 4 is 21.7 Å². The van der Waals surface area contributed by atoms with Gasteiger partial charge >= 0.3 is 0 Å². The molecule has 3 nitrogen and oxygen atoms in total. The van der Waals surface area contributed by atoms with Crippen molar-refractivity contribution in [3.05, 3.63) is 17.6 Å². The fourth-order valence-electron chi connectivity index (χ4n) is 2.40. The third kappa shape index (κ3) is 2.97. The van der Waals surface area contributed by atoms with E-state index in [1.165, 1.54) is 19.3 Å². The van der Waals surface area contributed by atoms with Crippen molar-refractivity contribution in [2.24, 2.45) is 0 Å². The van der Waals surface area contributed by atoms with E-state index in [0.717, 1.165) is 35.6 Å². The summed E-state index contributed by atoms with van der Waals surface area (Å²) in [5.41, 5.74) is 1.14. The van der Waals surface area contributed by atoms with Crippen molar-refractivity contribution in [2.45, 2.75) is 45.6 Å².